The van der Waals surface area contributed by atoms with Gasteiger partial charge in [-0.3, -0.25) is 0 Å². The van der Waals surface area contributed by atoms with E-state index in [1.807, 2.05) is 0 Å². The van der Waals surface area contributed by atoms with Crippen molar-refractivity contribution >= 4 is 0 Å². The summed E-state index contributed by atoms with van der Waals surface area (Å²) in [4.78, 5) is 2.76. The third-order valence-electron chi connectivity index (χ3n) is 5.60. The Bertz CT molecular complexity index is 290. The molecule has 2 heteroatoms. The van der Waals surface area contributed by atoms with Crippen LogP contribution in [-0.2, 0) is 0 Å². The molecule has 2 aliphatic carbocycles. The van der Waals surface area contributed by atoms with Crippen molar-refractivity contribution in [3.8, 4) is 0 Å². The minimum absolute atomic E-state index is 0.441. The van der Waals surface area contributed by atoms with Gasteiger partial charge in [0.1, 0.15) is 0 Å². The number of rotatable bonds is 6. The Balaban J connectivity index is 1.90. The minimum atomic E-state index is 0.441. The fraction of sp³-hybridized carbons (Fsp3) is 1.00. The molecule has 3 unspecified atom stereocenters. The molecule has 0 amide bonds. The van der Waals surface area contributed by atoms with E-state index >= 15 is 0 Å². The van der Waals surface area contributed by atoms with Gasteiger partial charge in [0, 0.05) is 18.6 Å². The van der Waals surface area contributed by atoms with Crippen LogP contribution in [0.4, 0.5) is 0 Å². The topological polar surface area (TPSA) is 29.3 Å². The van der Waals surface area contributed by atoms with Crippen LogP contribution in [0.3, 0.4) is 0 Å². The normalized spacial score (nSPS) is 31.8. The Hall–Kier alpha value is -0.0800. The highest BCUT2D eigenvalue weighted by molar-refractivity contribution is 4.92. The van der Waals surface area contributed by atoms with Crippen LogP contribution in [0, 0.1) is 17.3 Å². The summed E-state index contributed by atoms with van der Waals surface area (Å²) < 4.78 is 0. The van der Waals surface area contributed by atoms with Gasteiger partial charge >= 0.3 is 0 Å². The van der Waals surface area contributed by atoms with Crippen molar-refractivity contribution in [3.63, 3.8) is 0 Å². The summed E-state index contributed by atoms with van der Waals surface area (Å²) in [6.07, 6.45) is 9.42. The smallest absolute Gasteiger partial charge is 0.00965 e. The Morgan fingerprint density at radius 3 is 2.35 bits per heavy atom. The van der Waals surface area contributed by atoms with E-state index in [9.17, 15) is 0 Å². The molecule has 118 valence electrons. The highest BCUT2D eigenvalue weighted by Gasteiger charge is 2.37. The van der Waals surface area contributed by atoms with Crippen LogP contribution >= 0.6 is 0 Å². The van der Waals surface area contributed by atoms with Crippen LogP contribution in [-0.4, -0.2) is 30.1 Å². The molecule has 2 N–H and O–H groups in total. The number of nitrogens with two attached hydrogens (primary N) is 1. The molecule has 20 heavy (non-hydrogen) atoms. The Kier molecular flexibility index (Phi) is 5.53. The van der Waals surface area contributed by atoms with E-state index in [0.29, 0.717) is 11.5 Å². The van der Waals surface area contributed by atoms with E-state index in [4.69, 9.17) is 5.73 Å². The van der Waals surface area contributed by atoms with Crippen LogP contribution < -0.4 is 5.73 Å². The summed E-state index contributed by atoms with van der Waals surface area (Å²) in [6, 6.07) is 1.33. The van der Waals surface area contributed by atoms with E-state index in [1.165, 1.54) is 58.0 Å². The standard InChI is InChI=1S/C18H36N2/c1-5-6-11-20(16-8-9-16)13-14-12-15(18(2,3)4)7-10-17(14)19/h14-17H,5-13,19H2,1-4H3. The molecule has 0 saturated heterocycles. The lowest BCUT2D eigenvalue weighted by Gasteiger charge is -2.42. The molecular weight excluding hydrogens is 244 g/mol. The van der Waals surface area contributed by atoms with Gasteiger partial charge in [0.25, 0.3) is 0 Å². The number of unbranched alkanes of at least 4 members (excludes halogenated alkanes) is 1. The SMILES string of the molecule is CCCCN(CC1CC(C(C)(C)C)CCC1N)C1CC1. The van der Waals surface area contributed by atoms with Gasteiger partial charge in [-0.15, -0.1) is 0 Å². The minimum Gasteiger partial charge on any atom is -0.327 e. The van der Waals surface area contributed by atoms with Crippen LogP contribution in [0.25, 0.3) is 0 Å². The summed E-state index contributed by atoms with van der Waals surface area (Å²) in [5.41, 5.74) is 6.91. The molecule has 2 aliphatic rings. The summed E-state index contributed by atoms with van der Waals surface area (Å²) in [5, 5.41) is 0. The largest absolute Gasteiger partial charge is 0.327 e. The monoisotopic (exact) mass is 280 g/mol. The summed E-state index contributed by atoms with van der Waals surface area (Å²) in [6.45, 7) is 12.1. The van der Waals surface area contributed by atoms with Gasteiger partial charge in [0.05, 0.1) is 0 Å². The van der Waals surface area contributed by atoms with Crippen molar-refractivity contribution in [2.24, 2.45) is 23.0 Å². The molecule has 0 heterocycles. The zero-order valence-electron chi connectivity index (χ0n) is 14.2. The number of hydrogen-bond donors (Lipinski definition) is 1. The highest BCUT2D eigenvalue weighted by Crippen LogP contribution is 2.41. The van der Waals surface area contributed by atoms with Gasteiger partial charge in [0.2, 0.25) is 0 Å². The van der Waals surface area contributed by atoms with Gasteiger partial charge < -0.3 is 10.6 Å². The molecule has 0 bridgehead atoms. The first-order chi connectivity index (χ1) is 9.41. The molecule has 2 saturated carbocycles. The van der Waals surface area contributed by atoms with Crippen LogP contribution in [0.5, 0.6) is 0 Å². The highest BCUT2D eigenvalue weighted by atomic mass is 15.2. The number of hydrogen-bond acceptors (Lipinski definition) is 2. The van der Waals surface area contributed by atoms with Crippen molar-refractivity contribution in [1.82, 2.24) is 4.90 Å². The maximum atomic E-state index is 6.46. The van der Waals surface area contributed by atoms with E-state index in [0.717, 1.165) is 17.9 Å². The average Bonchev–Trinajstić information content (AvgIpc) is 3.19. The Morgan fingerprint density at radius 2 is 1.80 bits per heavy atom. The predicted molar refractivity (Wildman–Crippen MR) is 87.8 cm³/mol. The third kappa shape index (κ3) is 4.46. The van der Waals surface area contributed by atoms with Crippen molar-refractivity contribution < 1.29 is 0 Å². The molecular formula is C18H36N2. The third-order valence-corrected chi connectivity index (χ3v) is 5.60. The van der Waals surface area contributed by atoms with Crippen molar-refractivity contribution in [2.75, 3.05) is 13.1 Å². The molecule has 0 aromatic heterocycles. The van der Waals surface area contributed by atoms with Crippen molar-refractivity contribution in [2.45, 2.75) is 84.7 Å². The lowest BCUT2D eigenvalue weighted by atomic mass is 9.67. The molecule has 2 rings (SSSR count). The van der Waals surface area contributed by atoms with E-state index < -0.39 is 0 Å². The summed E-state index contributed by atoms with van der Waals surface area (Å²) in [7, 11) is 0. The quantitative estimate of drug-likeness (QED) is 0.795. The lowest BCUT2D eigenvalue weighted by molar-refractivity contribution is 0.0959. The lowest BCUT2D eigenvalue weighted by Crippen LogP contribution is -2.45. The zero-order valence-corrected chi connectivity index (χ0v) is 14.2. The first-order valence-electron chi connectivity index (χ1n) is 8.91. The van der Waals surface area contributed by atoms with Crippen molar-refractivity contribution in [1.29, 1.82) is 0 Å². The fourth-order valence-electron chi connectivity index (χ4n) is 3.81. The maximum Gasteiger partial charge on any atom is 0.00965 e. The van der Waals surface area contributed by atoms with Crippen LogP contribution in [0.2, 0.25) is 0 Å². The van der Waals surface area contributed by atoms with Crippen molar-refractivity contribution in [3.05, 3.63) is 0 Å². The first kappa shape index (κ1) is 16.3. The molecule has 0 radical (unpaired) electrons. The second-order valence-electron chi connectivity index (χ2n) is 8.38. The first-order valence-corrected chi connectivity index (χ1v) is 8.91. The molecule has 2 nitrogen and oxygen atoms in total. The molecule has 0 aromatic carbocycles. The van der Waals surface area contributed by atoms with Gasteiger partial charge in [-0.2, -0.15) is 0 Å². The van der Waals surface area contributed by atoms with Crippen LogP contribution in [0.15, 0.2) is 0 Å². The second kappa shape index (κ2) is 6.79. The molecule has 0 aliphatic heterocycles. The van der Waals surface area contributed by atoms with E-state index in [1.54, 1.807) is 0 Å². The predicted octanol–water partition coefficient (Wildman–Crippen LogP) is 4.04. The average molecular weight is 280 g/mol. The van der Waals surface area contributed by atoms with Gasteiger partial charge in [-0.05, 0) is 62.3 Å². The Morgan fingerprint density at radius 1 is 1.10 bits per heavy atom. The summed E-state index contributed by atoms with van der Waals surface area (Å²) in [5.74, 6) is 1.59. The van der Waals surface area contributed by atoms with Gasteiger partial charge in [-0.25, -0.2) is 0 Å². The second-order valence-corrected chi connectivity index (χ2v) is 8.38. The fourth-order valence-corrected chi connectivity index (χ4v) is 3.81. The zero-order chi connectivity index (χ0) is 14.8. The number of nitrogens with zero attached hydrogens (tertiary/aromatic N) is 1. The molecule has 0 aromatic rings. The molecule has 0 spiro atoms. The van der Waals surface area contributed by atoms with Gasteiger partial charge in [-0.1, -0.05) is 34.1 Å². The van der Waals surface area contributed by atoms with E-state index in [-0.39, 0.29) is 0 Å². The summed E-state index contributed by atoms with van der Waals surface area (Å²) >= 11 is 0. The molecule has 3 atom stereocenters. The van der Waals surface area contributed by atoms with E-state index in [2.05, 4.69) is 32.6 Å². The maximum absolute atomic E-state index is 6.46. The van der Waals surface area contributed by atoms with Crippen LogP contribution in [0.1, 0.15) is 72.6 Å². The molecule has 2 fully saturated rings. The Labute approximate surface area is 126 Å². The van der Waals surface area contributed by atoms with Gasteiger partial charge in [0.15, 0.2) is 0 Å².